The number of aromatic nitrogens is 4. The van der Waals surface area contributed by atoms with Crippen LogP contribution < -0.4 is 10.1 Å². The summed E-state index contributed by atoms with van der Waals surface area (Å²) in [6, 6.07) is 46.8. The molecule has 354 valence electrons. The molecule has 0 radical (unpaired) electrons. The Morgan fingerprint density at radius 3 is 1.40 bits per heavy atom. The molecule has 13 heteroatoms. The molecule has 11 rings (SSSR count). The highest BCUT2D eigenvalue weighted by Gasteiger charge is 2.40. The summed E-state index contributed by atoms with van der Waals surface area (Å²) in [5, 5.41) is 16.5. The van der Waals surface area contributed by atoms with Crippen molar-refractivity contribution in [3.8, 4) is 50.5 Å². The lowest BCUT2D eigenvalue weighted by Crippen LogP contribution is -2.41. The summed E-state index contributed by atoms with van der Waals surface area (Å²) >= 11 is 26.6. The van der Waals surface area contributed by atoms with E-state index in [2.05, 4.69) is 29.6 Å². The number of carboxylic acid groups (broad SMARTS) is 1. The second-order valence-corrected chi connectivity index (χ2v) is 19.1. The van der Waals surface area contributed by atoms with E-state index in [1.807, 2.05) is 109 Å². The van der Waals surface area contributed by atoms with E-state index in [4.69, 9.17) is 61.1 Å². The summed E-state index contributed by atoms with van der Waals surface area (Å²) in [7, 11) is 1.60. The van der Waals surface area contributed by atoms with E-state index in [0.717, 1.165) is 61.2 Å². The molecule has 2 heterocycles. The fourth-order valence-corrected chi connectivity index (χ4v) is 10.9. The number of carbonyl (C=O) groups is 2. The maximum Gasteiger partial charge on any atom is 0.329 e. The van der Waals surface area contributed by atoms with Crippen molar-refractivity contribution in [3.05, 3.63) is 230 Å². The number of carbonyl (C=O) groups excluding carboxylic acids is 1. The molecule has 72 heavy (non-hydrogen) atoms. The lowest BCUT2D eigenvalue weighted by Gasteiger charge is -2.27. The molecule has 0 bridgehead atoms. The Hall–Kier alpha value is -7.66. The largest absolute Gasteiger partial charge is 0.497 e. The molecule has 2 N–H and O–H groups in total. The molecule has 0 saturated heterocycles. The van der Waals surface area contributed by atoms with Crippen molar-refractivity contribution >= 4 is 81.6 Å². The number of nitrogens with one attached hydrogen (secondary N) is 1. The maximum absolute atomic E-state index is 15.6. The van der Waals surface area contributed by atoms with E-state index >= 15 is 4.79 Å². The zero-order valence-corrected chi connectivity index (χ0v) is 41.4. The molecule has 0 spiro atoms. The van der Waals surface area contributed by atoms with Crippen molar-refractivity contribution in [1.29, 1.82) is 0 Å². The molecular weight excluding hydrogens is 984 g/mol. The van der Waals surface area contributed by atoms with Gasteiger partial charge in [0.15, 0.2) is 6.04 Å². The van der Waals surface area contributed by atoms with Crippen molar-refractivity contribution in [2.45, 2.75) is 18.5 Å². The molecule has 0 aliphatic heterocycles. The van der Waals surface area contributed by atoms with E-state index in [-0.39, 0.29) is 12.4 Å². The first-order valence-corrected chi connectivity index (χ1v) is 24.6. The fourth-order valence-electron chi connectivity index (χ4n) is 9.89. The first kappa shape index (κ1) is 46.7. The Kier molecular flexibility index (Phi) is 12.7. The van der Waals surface area contributed by atoms with Crippen LogP contribution in [0.2, 0.25) is 20.1 Å². The molecule has 0 saturated carbocycles. The number of methoxy groups -OCH3 is 1. The highest BCUT2D eigenvalue weighted by atomic mass is 35.5. The summed E-state index contributed by atoms with van der Waals surface area (Å²) < 4.78 is 8.68. The van der Waals surface area contributed by atoms with E-state index in [1.54, 1.807) is 65.0 Å². The van der Waals surface area contributed by atoms with Gasteiger partial charge in [-0.15, -0.1) is 0 Å². The molecule has 2 aromatic heterocycles. The zero-order valence-electron chi connectivity index (χ0n) is 38.4. The van der Waals surface area contributed by atoms with E-state index < -0.39 is 24.0 Å². The summed E-state index contributed by atoms with van der Waals surface area (Å²) in [5.74, 6) is -0.655. The molecule has 7 aromatic carbocycles. The van der Waals surface area contributed by atoms with Crippen LogP contribution in [-0.2, 0) is 16.0 Å². The van der Waals surface area contributed by atoms with E-state index in [1.165, 1.54) is 0 Å². The number of fused-ring (bicyclic) bond motifs is 6. The van der Waals surface area contributed by atoms with Gasteiger partial charge in [-0.1, -0.05) is 156 Å². The number of amides is 1. The van der Waals surface area contributed by atoms with Crippen molar-refractivity contribution in [2.75, 3.05) is 13.7 Å². The molecule has 1 amide bonds. The zero-order chi connectivity index (χ0) is 49.6. The van der Waals surface area contributed by atoms with Crippen LogP contribution in [0.1, 0.15) is 51.5 Å². The normalized spacial score (nSPS) is 12.9. The van der Waals surface area contributed by atoms with E-state index in [9.17, 15) is 9.90 Å². The van der Waals surface area contributed by atoms with Gasteiger partial charge in [-0.25, -0.2) is 14.8 Å². The highest BCUT2D eigenvalue weighted by molar-refractivity contribution is 6.37. The number of nitrogens with zero attached hydrogens (tertiary/aromatic N) is 4. The maximum atomic E-state index is 15.6. The van der Waals surface area contributed by atoms with Crippen LogP contribution in [0.4, 0.5) is 0 Å². The summed E-state index contributed by atoms with van der Waals surface area (Å²) in [6.45, 7) is 0.163. The van der Waals surface area contributed by atoms with Gasteiger partial charge in [0.05, 0.1) is 28.5 Å². The predicted octanol–water partition coefficient (Wildman–Crippen LogP) is 14.4. The van der Waals surface area contributed by atoms with Gasteiger partial charge in [0.25, 0.3) is 0 Å². The van der Waals surface area contributed by atoms with Crippen LogP contribution in [0, 0.1) is 0 Å². The third-order valence-electron chi connectivity index (χ3n) is 13.2. The predicted molar refractivity (Wildman–Crippen MR) is 288 cm³/mol. The van der Waals surface area contributed by atoms with Gasteiger partial charge in [-0.2, -0.15) is 0 Å². The van der Waals surface area contributed by atoms with Gasteiger partial charge in [0, 0.05) is 40.1 Å². The minimum atomic E-state index is -1.66. The van der Waals surface area contributed by atoms with Gasteiger partial charge in [-0.05, 0) is 128 Å². The molecule has 9 nitrogen and oxygen atoms in total. The number of benzene rings is 7. The van der Waals surface area contributed by atoms with Gasteiger partial charge >= 0.3 is 5.97 Å². The van der Waals surface area contributed by atoms with Crippen LogP contribution in [-0.4, -0.2) is 49.7 Å². The second kappa shape index (κ2) is 19.5. The number of carboxylic acids is 1. The SMILES string of the molecule is COc1cccc(CCNC(=O)C(C(C(=O)O)n2cc(-c3ccc(Cl)cc3Cl)nc2C=C2c3ccccc3-c3ccccc32)n2cc(-c3ccc(Cl)cc3Cl)nc2C=C2c3ccccc3-c3ccccc32)c1. The minimum absolute atomic E-state index is 0.163. The Morgan fingerprint density at radius 2 is 0.986 bits per heavy atom. The second-order valence-electron chi connectivity index (χ2n) is 17.5. The highest BCUT2D eigenvalue weighted by Crippen LogP contribution is 2.47. The van der Waals surface area contributed by atoms with Crippen LogP contribution in [0.15, 0.2) is 170 Å². The molecule has 9 aromatic rings. The Bertz CT molecular complexity index is 3610. The number of hydrogen-bond donors (Lipinski definition) is 2. The number of halogens is 4. The fraction of sp³-hybridized carbons (Fsp3) is 0.0847. The number of hydrogen-bond acceptors (Lipinski definition) is 5. The van der Waals surface area contributed by atoms with Gasteiger partial charge in [-0.3, -0.25) is 4.79 Å². The average molecular weight is 1030 g/mol. The summed E-state index contributed by atoms with van der Waals surface area (Å²) in [6.07, 6.45) is 7.54. The standard InChI is InChI=1S/C59H41Cl4N5O4/c1-72-37-12-10-11-34(27-37)25-26-64-58(69)56(67-32-52(46-23-21-35(60)28-50(46)62)65-54(67)30-48-42-17-6-2-13-38(42)39-14-3-7-18-43(39)48)57(59(70)71)68-33-53(47-24-22-36(61)29-51(47)63)66-55(68)31-49-44-19-8-4-15-40(44)41-16-5-9-20-45(41)49/h2-24,27-33,56-57H,25-26H2,1H3,(H,64,69)(H,70,71). The van der Waals surface area contributed by atoms with Crippen molar-refractivity contribution in [3.63, 3.8) is 0 Å². The third-order valence-corrected chi connectivity index (χ3v) is 14.3. The van der Waals surface area contributed by atoms with E-state index in [0.29, 0.717) is 60.6 Å². The third kappa shape index (κ3) is 8.68. The topological polar surface area (TPSA) is 111 Å². The Morgan fingerprint density at radius 1 is 0.556 bits per heavy atom. The van der Waals surface area contributed by atoms with Crippen LogP contribution in [0.25, 0.3) is 68.1 Å². The number of rotatable bonds is 13. The minimum Gasteiger partial charge on any atom is -0.497 e. The monoisotopic (exact) mass is 1020 g/mol. The number of ether oxygens (including phenoxy) is 1. The molecule has 2 atom stereocenters. The lowest BCUT2D eigenvalue weighted by atomic mass is 10.0. The lowest BCUT2D eigenvalue weighted by molar-refractivity contribution is -0.145. The number of imidazole rings is 2. The van der Waals surface area contributed by atoms with Crippen molar-refractivity contribution in [1.82, 2.24) is 24.4 Å². The Labute approximate surface area is 435 Å². The van der Waals surface area contributed by atoms with Crippen molar-refractivity contribution < 1.29 is 19.4 Å². The molecule has 2 unspecified atom stereocenters. The first-order chi connectivity index (χ1) is 35.0. The van der Waals surface area contributed by atoms with Gasteiger partial charge < -0.3 is 24.3 Å². The van der Waals surface area contributed by atoms with Crippen LogP contribution in [0.5, 0.6) is 5.75 Å². The quantitative estimate of drug-likeness (QED) is 0.119. The van der Waals surface area contributed by atoms with Crippen LogP contribution >= 0.6 is 46.4 Å². The Balaban J connectivity index is 1.15. The molecule has 0 fully saturated rings. The van der Waals surface area contributed by atoms with Crippen LogP contribution in [0.3, 0.4) is 0 Å². The molecular formula is C59H41Cl4N5O4. The first-order valence-electron chi connectivity index (χ1n) is 23.1. The number of aliphatic carboxylic acids is 1. The molecule has 2 aliphatic rings. The summed E-state index contributed by atoms with van der Waals surface area (Å²) in [4.78, 5) is 40.5. The smallest absolute Gasteiger partial charge is 0.329 e. The summed E-state index contributed by atoms with van der Waals surface area (Å²) in [5.41, 5.74) is 12.3. The molecule has 2 aliphatic carbocycles. The van der Waals surface area contributed by atoms with Crippen molar-refractivity contribution in [2.24, 2.45) is 0 Å². The average Bonchev–Trinajstić information content (AvgIpc) is 4.15. The van der Waals surface area contributed by atoms with Gasteiger partial charge in [0.2, 0.25) is 5.91 Å². The van der Waals surface area contributed by atoms with Gasteiger partial charge in [0.1, 0.15) is 23.4 Å².